The first-order valence-electron chi connectivity index (χ1n) is 11.6. The molecule has 6 heteroatoms. The van der Waals surface area contributed by atoms with Gasteiger partial charge in [0, 0.05) is 16.7 Å². The predicted octanol–water partition coefficient (Wildman–Crippen LogP) is 6.12. The number of allylic oxidation sites excluding steroid dienone is 4. The van der Waals surface area contributed by atoms with Crippen molar-refractivity contribution in [3.8, 4) is 28.6 Å². The summed E-state index contributed by atoms with van der Waals surface area (Å²) < 4.78 is 11.7. The van der Waals surface area contributed by atoms with Crippen LogP contribution in [0.25, 0.3) is 22.3 Å². The number of fused-ring (bicyclic) bond motifs is 1. The Morgan fingerprint density at radius 1 is 0.943 bits per heavy atom. The second-order valence-electron chi connectivity index (χ2n) is 9.76. The molecule has 35 heavy (non-hydrogen) atoms. The van der Waals surface area contributed by atoms with E-state index < -0.39 is 11.0 Å². The molecule has 2 aromatic carbocycles. The molecule has 1 heterocycles. The summed E-state index contributed by atoms with van der Waals surface area (Å²) in [7, 11) is 1.37. The molecule has 0 aliphatic carbocycles. The fourth-order valence-electron chi connectivity index (χ4n) is 3.90. The topological polar surface area (TPSA) is 100 Å². The molecule has 0 amide bonds. The van der Waals surface area contributed by atoms with Gasteiger partial charge in [0.25, 0.3) is 0 Å². The quantitative estimate of drug-likeness (QED) is 0.354. The number of hydrogen-bond donors (Lipinski definition) is 3. The molecule has 1 aromatic heterocycles. The van der Waals surface area contributed by atoms with Crippen LogP contribution < -0.4 is 10.2 Å². The third-order valence-electron chi connectivity index (χ3n) is 5.93. The van der Waals surface area contributed by atoms with Crippen LogP contribution in [0.2, 0.25) is 0 Å². The van der Waals surface area contributed by atoms with Crippen molar-refractivity contribution in [1.82, 2.24) is 0 Å². The third kappa shape index (κ3) is 5.28. The second-order valence-corrected chi connectivity index (χ2v) is 9.76. The van der Waals surface area contributed by atoms with Gasteiger partial charge in [0.1, 0.15) is 22.5 Å². The fourth-order valence-corrected chi connectivity index (χ4v) is 3.90. The summed E-state index contributed by atoms with van der Waals surface area (Å²) in [6.45, 7) is 11.1. The highest BCUT2D eigenvalue weighted by Crippen LogP contribution is 2.43. The van der Waals surface area contributed by atoms with Crippen LogP contribution in [0.15, 0.2) is 56.8 Å². The number of aromatic hydroxyl groups is 2. The maximum Gasteiger partial charge on any atom is 0.239 e. The van der Waals surface area contributed by atoms with Gasteiger partial charge in [0.05, 0.1) is 12.7 Å². The lowest BCUT2D eigenvalue weighted by Gasteiger charge is -2.19. The molecule has 0 saturated heterocycles. The Bertz CT molecular complexity index is 1360. The highest BCUT2D eigenvalue weighted by atomic mass is 16.5. The predicted molar refractivity (Wildman–Crippen MR) is 139 cm³/mol. The first-order chi connectivity index (χ1) is 16.4. The summed E-state index contributed by atoms with van der Waals surface area (Å²) in [5.74, 6) is -0.272. The van der Waals surface area contributed by atoms with Gasteiger partial charge in [-0.05, 0) is 59.9 Å². The van der Waals surface area contributed by atoms with Crippen molar-refractivity contribution < 1.29 is 24.5 Å². The summed E-state index contributed by atoms with van der Waals surface area (Å²) in [5, 5.41) is 32.5. The minimum atomic E-state index is -1.02. The first kappa shape index (κ1) is 26.1. The Morgan fingerprint density at radius 2 is 1.49 bits per heavy atom. The lowest BCUT2D eigenvalue weighted by Crippen LogP contribution is -2.15. The molecule has 0 bridgehead atoms. The van der Waals surface area contributed by atoms with Gasteiger partial charge in [-0.3, -0.25) is 4.79 Å². The Labute approximate surface area is 205 Å². The molecule has 186 valence electrons. The zero-order valence-electron chi connectivity index (χ0n) is 21.4. The fraction of sp³-hybridized carbons (Fsp3) is 0.345. The van der Waals surface area contributed by atoms with Crippen LogP contribution in [0.4, 0.5) is 0 Å². The van der Waals surface area contributed by atoms with E-state index in [1.165, 1.54) is 7.11 Å². The number of phenolic OH excluding ortho intramolecular Hbond substituents is 2. The molecule has 3 aromatic rings. The average Bonchev–Trinajstić information content (AvgIpc) is 2.77. The highest BCUT2D eigenvalue weighted by Gasteiger charge is 2.26. The lowest BCUT2D eigenvalue weighted by atomic mass is 9.95. The smallest absolute Gasteiger partial charge is 0.239 e. The van der Waals surface area contributed by atoms with E-state index in [1.807, 2.05) is 39.8 Å². The number of methoxy groups -OCH3 is 1. The molecular weight excluding hydrogens is 444 g/mol. The van der Waals surface area contributed by atoms with Crippen LogP contribution in [0.5, 0.6) is 17.2 Å². The molecule has 0 spiro atoms. The van der Waals surface area contributed by atoms with E-state index in [0.29, 0.717) is 23.1 Å². The number of ether oxygens (including phenoxy) is 1. The molecule has 3 rings (SSSR count). The van der Waals surface area contributed by atoms with Gasteiger partial charge in [0.15, 0.2) is 5.76 Å². The molecule has 0 saturated carbocycles. The monoisotopic (exact) mass is 478 g/mol. The molecule has 3 N–H and O–H groups in total. The van der Waals surface area contributed by atoms with Crippen molar-refractivity contribution in [2.75, 3.05) is 7.11 Å². The molecule has 0 aliphatic rings. The average molecular weight is 479 g/mol. The summed E-state index contributed by atoms with van der Waals surface area (Å²) in [6, 6.07) is 6.97. The van der Waals surface area contributed by atoms with Crippen LogP contribution in [0.1, 0.15) is 58.2 Å². The number of aliphatic hydroxyl groups is 1. The van der Waals surface area contributed by atoms with Crippen molar-refractivity contribution in [2.24, 2.45) is 0 Å². The molecule has 0 radical (unpaired) electrons. The number of rotatable bonds is 7. The molecule has 0 fully saturated rings. The molecule has 0 aliphatic heterocycles. The lowest BCUT2D eigenvalue weighted by molar-refractivity contribution is 0.0786. The van der Waals surface area contributed by atoms with Gasteiger partial charge < -0.3 is 24.5 Å². The van der Waals surface area contributed by atoms with E-state index in [0.717, 1.165) is 11.1 Å². The van der Waals surface area contributed by atoms with E-state index in [-0.39, 0.29) is 46.0 Å². The number of phenols is 2. The van der Waals surface area contributed by atoms with Gasteiger partial charge in [0.2, 0.25) is 11.2 Å². The van der Waals surface area contributed by atoms with Crippen molar-refractivity contribution >= 4 is 11.0 Å². The van der Waals surface area contributed by atoms with E-state index >= 15 is 0 Å². The van der Waals surface area contributed by atoms with Crippen LogP contribution in [-0.4, -0.2) is 22.4 Å². The van der Waals surface area contributed by atoms with Crippen molar-refractivity contribution in [3.05, 3.63) is 74.5 Å². The van der Waals surface area contributed by atoms with E-state index in [1.54, 1.807) is 38.1 Å². The van der Waals surface area contributed by atoms with Crippen molar-refractivity contribution in [2.45, 2.75) is 60.0 Å². The van der Waals surface area contributed by atoms with Crippen LogP contribution in [0.3, 0.4) is 0 Å². The Hall–Kier alpha value is -3.51. The maximum absolute atomic E-state index is 13.6. The molecule has 0 unspecified atom stereocenters. The van der Waals surface area contributed by atoms with Crippen LogP contribution in [0, 0.1) is 0 Å². The van der Waals surface area contributed by atoms with Crippen molar-refractivity contribution in [3.63, 3.8) is 0 Å². The second kappa shape index (κ2) is 10.0. The van der Waals surface area contributed by atoms with Gasteiger partial charge >= 0.3 is 0 Å². The zero-order valence-corrected chi connectivity index (χ0v) is 21.4. The summed E-state index contributed by atoms with van der Waals surface area (Å²) in [5.41, 5.74) is 2.58. The maximum atomic E-state index is 13.6. The Balaban J connectivity index is 2.40. The van der Waals surface area contributed by atoms with Crippen molar-refractivity contribution in [1.29, 1.82) is 0 Å². The zero-order chi connectivity index (χ0) is 26.1. The van der Waals surface area contributed by atoms with Crippen LogP contribution >= 0.6 is 0 Å². The summed E-state index contributed by atoms with van der Waals surface area (Å²) in [4.78, 5) is 13.6. The Kier molecular flexibility index (Phi) is 7.46. The largest absolute Gasteiger partial charge is 0.507 e. The normalized spacial score (nSPS) is 11.4. The van der Waals surface area contributed by atoms with E-state index in [2.05, 4.69) is 0 Å². The Morgan fingerprint density at radius 3 is 1.97 bits per heavy atom. The number of hydrogen-bond acceptors (Lipinski definition) is 6. The van der Waals surface area contributed by atoms with Gasteiger partial charge in [-0.1, -0.05) is 47.6 Å². The van der Waals surface area contributed by atoms with E-state index in [9.17, 15) is 20.1 Å². The molecule has 6 nitrogen and oxygen atoms in total. The SMILES string of the molecule is COc1c(-c2ccc(C(C)(C)O)cc2)oc2c(CC=C(C)C)c(O)c(CC=C(C)C)c(O)c2c1=O. The first-order valence-corrected chi connectivity index (χ1v) is 11.6. The van der Waals surface area contributed by atoms with Gasteiger partial charge in [-0.2, -0.15) is 0 Å². The number of benzene rings is 2. The van der Waals surface area contributed by atoms with Gasteiger partial charge in [-0.15, -0.1) is 0 Å². The van der Waals surface area contributed by atoms with Crippen LogP contribution in [-0.2, 0) is 18.4 Å². The summed E-state index contributed by atoms with van der Waals surface area (Å²) >= 11 is 0. The van der Waals surface area contributed by atoms with E-state index in [4.69, 9.17) is 9.15 Å². The minimum Gasteiger partial charge on any atom is -0.507 e. The molecule has 0 atom stereocenters. The summed E-state index contributed by atoms with van der Waals surface area (Å²) in [6.07, 6.45) is 4.39. The van der Waals surface area contributed by atoms with Gasteiger partial charge in [-0.25, -0.2) is 0 Å². The third-order valence-corrected chi connectivity index (χ3v) is 5.93. The minimum absolute atomic E-state index is 0.0224. The standard InChI is InChI=1S/C29H34O6/c1-16(2)8-14-20-23(30)21(15-9-17(3)4)27-22(24(20)31)25(32)28(34-7)26(35-27)18-10-12-19(13-11-18)29(5,6)33/h8-13,30-31,33H,14-15H2,1-7H3. The molecular formula is C29H34O6. The highest BCUT2D eigenvalue weighted by molar-refractivity contribution is 5.93.